The van der Waals surface area contributed by atoms with Gasteiger partial charge in [0.2, 0.25) is 0 Å². The van der Waals surface area contributed by atoms with E-state index in [0.29, 0.717) is 17.8 Å². The molecule has 0 radical (unpaired) electrons. The summed E-state index contributed by atoms with van der Waals surface area (Å²) in [6.45, 7) is 5.18. The number of benzene rings is 1. The number of nitrogens with one attached hydrogen (secondary N) is 1. The third kappa shape index (κ3) is 5.76. The Labute approximate surface area is 173 Å². The molecule has 29 heavy (non-hydrogen) atoms. The van der Waals surface area contributed by atoms with E-state index in [1.807, 2.05) is 4.68 Å². The van der Waals surface area contributed by atoms with Crippen molar-refractivity contribution in [3.8, 4) is 0 Å². The van der Waals surface area contributed by atoms with Gasteiger partial charge in [-0.15, -0.1) is 5.10 Å². The maximum atomic E-state index is 12.1. The monoisotopic (exact) mass is 393 g/mol. The maximum absolute atomic E-state index is 12.1. The molecule has 2 fully saturated rings. The van der Waals surface area contributed by atoms with Crippen LogP contribution in [0.15, 0.2) is 42.1 Å². The first-order chi connectivity index (χ1) is 14.2. The number of nitrogens with zero attached hydrogens (tertiary/aromatic N) is 4. The SMILES string of the molecule is C/C(=C\c1ccccc1)CN1CCCC[C@H]1CCn1cc(C(=O)NC2CC2)nn1. The largest absolute Gasteiger partial charge is 0.348 e. The highest BCUT2D eigenvalue weighted by Crippen LogP contribution is 2.22. The Bertz CT molecular complexity index is 840. The maximum Gasteiger partial charge on any atom is 0.273 e. The molecular formula is C23H31N5O. The van der Waals surface area contributed by atoms with E-state index in [0.717, 1.165) is 38.9 Å². The van der Waals surface area contributed by atoms with Gasteiger partial charge in [-0.2, -0.15) is 0 Å². The topological polar surface area (TPSA) is 63.1 Å². The van der Waals surface area contributed by atoms with E-state index in [-0.39, 0.29) is 5.91 Å². The molecule has 2 aromatic rings. The Balaban J connectivity index is 1.31. The van der Waals surface area contributed by atoms with Crippen LogP contribution in [0.5, 0.6) is 0 Å². The lowest BCUT2D eigenvalue weighted by Gasteiger charge is -2.36. The smallest absolute Gasteiger partial charge is 0.273 e. The number of aryl methyl sites for hydroxylation is 1. The van der Waals surface area contributed by atoms with Gasteiger partial charge in [0.15, 0.2) is 5.69 Å². The van der Waals surface area contributed by atoms with Gasteiger partial charge in [-0.3, -0.25) is 14.4 Å². The lowest BCUT2D eigenvalue weighted by Crippen LogP contribution is -2.41. The predicted octanol–water partition coefficient (Wildman–Crippen LogP) is 3.52. The van der Waals surface area contributed by atoms with Crippen molar-refractivity contribution in [3.63, 3.8) is 0 Å². The van der Waals surface area contributed by atoms with Gasteiger partial charge in [0.05, 0.1) is 6.20 Å². The van der Waals surface area contributed by atoms with Crippen LogP contribution in [-0.2, 0) is 6.54 Å². The van der Waals surface area contributed by atoms with Gasteiger partial charge >= 0.3 is 0 Å². The van der Waals surface area contributed by atoms with Gasteiger partial charge in [0.25, 0.3) is 5.91 Å². The number of rotatable bonds is 8. The zero-order valence-electron chi connectivity index (χ0n) is 17.3. The molecular weight excluding hydrogens is 362 g/mol. The van der Waals surface area contributed by atoms with E-state index in [4.69, 9.17) is 0 Å². The van der Waals surface area contributed by atoms with Gasteiger partial charge in [-0.1, -0.05) is 53.6 Å². The van der Waals surface area contributed by atoms with Crippen molar-refractivity contribution >= 4 is 12.0 Å². The van der Waals surface area contributed by atoms with Crippen molar-refractivity contribution in [1.29, 1.82) is 0 Å². The number of likely N-dealkylation sites (tertiary alicyclic amines) is 1. The highest BCUT2D eigenvalue weighted by molar-refractivity contribution is 5.92. The molecule has 154 valence electrons. The van der Waals surface area contributed by atoms with E-state index in [2.05, 4.69) is 63.9 Å². The molecule has 1 aliphatic heterocycles. The van der Waals surface area contributed by atoms with Crippen LogP contribution in [0.25, 0.3) is 6.08 Å². The molecule has 2 aliphatic rings. The Morgan fingerprint density at radius 3 is 2.83 bits per heavy atom. The number of hydrogen-bond donors (Lipinski definition) is 1. The minimum Gasteiger partial charge on any atom is -0.348 e. The molecule has 0 bridgehead atoms. The fourth-order valence-corrected chi connectivity index (χ4v) is 4.07. The number of carbonyl (C=O) groups excluding carboxylic acids is 1. The average molecular weight is 394 g/mol. The summed E-state index contributed by atoms with van der Waals surface area (Å²) in [6.07, 6.45) is 11.0. The molecule has 1 atom stereocenters. The third-order valence-electron chi connectivity index (χ3n) is 5.79. The second-order valence-electron chi connectivity index (χ2n) is 8.42. The molecule has 4 rings (SSSR count). The van der Waals surface area contributed by atoms with Gasteiger partial charge in [0.1, 0.15) is 0 Å². The zero-order valence-corrected chi connectivity index (χ0v) is 17.3. The molecule has 1 aromatic heterocycles. The van der Waals surface area contributed by atoms with Crippen molar-refractivity contribution in [2.24, 2.45) is 0 Å². The van der Waals surface area contributed by atoms with Gasteiger partial charge in [0, 0.05) is 25.2 Å². The van der Waals surface area contributed by atoms with Crippen LogP contribution < -0.4 is 5.32 Å². The Morgan fingerprint density at radius 1 is 1.21 bits per heavy atom. The van der Waals surface area contributed by atoms with Crippen molar-refractivity contribution in [2.45, 2.75) is 64.1 Å². The molecule has 0 spiro atoms. The van der Waals surface area contributed by atoms with Crippen LogP contribution >= 0.6 is 0 Å². The molecule has 1 saturated carbocycles. The first-order valence-corrected chi connectivity index (χ1v) is 10.8. The Kier molecular flexibility index (Phi) is 6.39. The lowest BCUT2D eigenvalue weighted by molar-refractivity contribution is 0.0946. The van der Waals surface area contributed by atoms with Crippen LogP contribution in [0.4, 0.5) is 0 Å². The average Bonchev–Trinajstić information content (AvgIpc) is 3.41. The standard InChI is InChI=1S/C23H31N5O/c1-18(15-19-7-3-2-4-8-19)16-27-13-6-5-9-21(27)12-14-28-17-22(25-26-28)23(29)24-20-10-11-20/h2-4,7-8,15,17,20-21H,5-6,9-14,16H2,1H3,(H,24,29)/b18-15+/t21-/m0/s1. The van der Waals surface area contributed by atoms with Gasteiger partial charge in [-0.25, -0.2) is 0 Å². The molecule has 2 heterocycles. The van der Waals surface area contributed by atoms with E-state index in [1.54, 1.807) is 6.20 Å². The van der Waals surface area contributed by atoms with Crippen LogP contribution in [0.3, 0.4) is 0 Å². The number of aromatic nitrogens is 3. The van der Waals surface area contributed by atoms with E-state index < -0.39 is 0 Å². The van der Waals surface area contributed by atoms with E-state index >= 15 is 0 Å². The first-order valence-electron chi connectivity index (χ1n) is 10.8. The van der Waals surface area contributed by atoms with Crippen molar-refractivity contribution in [1.82, 2.24) is 25.2 Å². The first kappa shape index (κ1) is 19.8. The summed E-state index contributed by atoms with van der Waals surface area (Å²) in [5, 5.41) is 11.2. The third-order valence-corrected chi connectivity index (χ3v) is 5.79. The molecule has 1 amide bonds. The minimum atomic E-state index is -0.0975. The predicted molar refractivity (Wildman–Crippen MR) is 114 cm³/mol. The zero-order chi connectivity index (χ0) is 20.1. The van der Waals surface area contributed by atoms with Crippen LogP contribution in [0.1, 0.15) is 61.5 Å². The normalized spacial score (nSPS) is 20.6. The van der Waals surface area contributed by atoms with Gasteiger partial charge in [-0.05, 0) is 51.1 Å². The number of carbonyl (C=O) groups is 1. The Morgan fingerprint density at radius 2 is 2.03 bits per heavy atom. The lowest BCUT2D eigenvalue weighted by atomic mass is 9.98. The minimum absolute atomic E-state index is 0.0975. The van der Waals surface area contributed by atoms with Crippen molar-refractivity contribution in [3.05, 3.63) is 53.4 Å². The van der Waals surface area contributed by atoms with Crippen molar-refractivity contribution in [2.75, 3.05) is 13.1 Å². The van der Waals surface area contributed by atoms with Crippen LogP contribution in [0.2, 0.25) is 0 Å². The molecule has 1 N–H and O–H groups in total. The molecule has 6 nitrogen and oxygen atoms in total. The summed E-state index contributed by atoms with van der Waals surface area (Å²) in [6, 6.07) is 11.4. The highest BCUT2D eigenvalue weighted by atomic mass is 16.2. The summed E-state index contributed by atoms with van der Waals surface area (Å²) >= 11 is 0. The number of piperidine rings is 1. The van der Waals surface area contributed by atoms with Gasteiger partial charge < -0.3 is 5.32 Å². The Hall–Kier alpha value is -2.47. The molecule has 1 saturated heterocycles. The fraction of sp³-hybridized carbons (Fsp3) is 0.522. The number of amides is 1. The summed E-state index contributed by atoms with van der Waals surface area (Å²) in [7, 11) is 0. The summed E-state index contributed by atoms with van der Waals surface area (Å²) in [5.74, 6) is -0.0975. The second kappa shape index (κ2) is 9.35. The molecule has 6 heteroatoms. The van der Waals surface area contributed by atoms with Crippen molar-refractivity contribution < 1.29 is 4.79 Å². The fourth-order valence-electron chi connectivity index (χ4n) is 4.07. The van der Waals surface area contributed by atoms with E-state index in [1.165, 1.54) is 30.4 Å². The quantitative estimate of drug-likeness (QED) is 0.745. The van der Waals surface area contributed by atoms with E-state index in [9.17, 15) is 4.79 Å². The molecule has 1 aliphatic carbocycles. The highest BCUT2D eigenvalue weighted by Gasteiger charge is 2.25. The number of hydrogen-bond acceptors (Lipinski definition) is 4. The summed E-state index contributed by atoms with van der Waals surface area (Å²) in [4.78, 5) is 14.7. The van der Waals surface area contributed by atoms with Crippen LogP contribution in [0, 0.1) is 0 Å². The second-order valence-corrected chi connectivity index (χ2v) is 8.42. The molecule has 1 aromatic carbocycles. The van der Waals surface area contributed by atoms with Crippen LogP contribution in [-0.4, -0.2) is 51.0 Å². The molecule has 0 unspecified atom stereocenters. The summed E-state index contributed by atoms with van der Waals surface area (Å²) < 4.78 is 1.82. The summed E-state index contributed by atoms with van der Waals surface area (Å²) in [5.41, 5.74) is 3.08.